The molecule has 0 heterocycles. The predicted octanol–water partition coefficient (Wildman–Crippen LogP) is 10.3. The van der Waals surface area contributed by atoms with Gasteiger partial charge in [0.15, 0.2) is 0 Å². The van der Waals surface area contributed by atoms with Crippen molar-refractivity contribution in [3.8, 4) is 0 Å². The van der Waals surface area contributed by atoms with Crippen molar-refractivity contribution in [1.82, 2.24) is 0 Å². The van der Waals surface area contributed by atoms with Crippen LogP contribution in [-0.4, -0.2) is 11.1 Å². The molecule has 0 aliphatic rings. The lowest BCUT2D eigenvalue weighted by Gasteiger charge is -2.04. The van der Waals surface area contributed by atoms with Gasteiger partial charge in [-0.15, -0.1) is 0 Å². The molecule has 180 valence electrons. The van der Waals surface area contributed by atoms with Crippen LogP contribution in [0.3, 0.4) is 0 Å². The van der Waals surface area contributed by atoms with Gasteiger partial charge in [-0.25, -0.2) is 4.79 Å². The van der Waals surface area contributed by atoms with E-state index in [0.717, 1.165) is 6.08 Å². The summed E-state index contributed by atoms with van der Waals surface area (Å²) in [4.78, 5) is 9.51. The SMILES string of the molecule is CC=CC(=O)O.CCCCCCCCCCCCCCCCCCCCCCCC. The van der Waals surface area contributed by atoms with E-state index in [1.807, 2.05) is 0 Å². The zero-order valence-electron chi connectivity index (χ0n) is 21.1. The van der Waals surface area contributed by atoms with E-state index in [4.69, 9.17) is 5.11 Å². The molecule has 0 aromatic rings. The predicted molar refractivity (Wildman–Crippen MR) is 135 cm³/mol. The van der Waals surface area contributed by atoms with Crippen LogP contribution in [0.15, 0.2) is 12.2 Å². The molecule has 0 bridgehead atoms. The Morgan fingerprint density at radius 3 is 0.800 bits per heavy atom. The van der Waals surface area contributed by atoms with Crippen molar-refractivity contribution in [2.24, 2.45) is 0 Å². The molecule has 0 saturated carbocycles. The van der Waals surface area contributed by atoms with Crippen LogP contribution < -0.4 is 0 Å². The van der Waals surface area contributed by atoms with Gasteiger partial charge in [0.1, 0.15) is 0 Å². The van der Waals surface area contributed by atoms with Gasteiger partial charge in [-0.2, -0.15) is 0 Å². The highest BCUT2D eigenvalue weighted by molar-refractivity contribution is 5.79. The molecular formula is C28H56O2. The number of aliphatic carboxylic acids is 1. The van der Waals surface area contributed by atoms with Crippen LogP contribution in [0.2, 0.25) is 0 Å². The van der Waals surface area contributed by atoms with Gasteiger partial charge in [-0.1, -0.05) is 161 Å². The zero-order chi connectivity index (χ0) is 22.5. The van der Waals surface area contributed by atoms with Crippen LogP contribution in [0, 0.1) is 0 Å². The number of hydrogen-bond acceptors (Lipinski definition) is 1. The average Bonchev–Trinajstić information content (AvgIpc) is 2.73. The summed E-state index contributed by atoms with van der Waals surface area (Å²) in [6, 6.07) is 0. The third-order valence-corrected chi connectivity index (χ3v) is 5.77. The molecular weight excluding hydrogens is 368 g/mol. The van der Waals surface area contributed by atoms with E-state index in [-0.39, 0.29) is 0 Å². The highest BCUT2D eigenvalue weighted by Crippen LogP contribution is 2.15. The first kappa shape index (κ1) is 31.4. The summed E-state index contributed by atoms with van der Waals surface area (Å²) in [5.74, 6) is -0.891. The Morgan fingerprint density at radius 2 is 0.700 bits per heavy atom. The van der Waals surface area contributed by atoms with Gasteiger partial charge in [0.2, 0.25) is 0 Å². The number of carboxylic acids is 1. The fourth-order valence-electron chi connectivity index (χ4n) is 3.82. The molecule has 0 aliphatic carbocycles. The summed E-state index contributed by atoms with van der Waals surface area (Å²) in [5, 5.41) is 7.83. The zero-order valence-corrected chi connectivity index (χ0v) is 21.1. The summed E-state index contributed by atoms with van der Waals surface area (Å²) in [7, 11) is 0. The molecule has 0 amide bonds. The largest absolute Gasteiger partial charge is 0.478 e. The van der Waals surface area contributed by atoms with E-state index in [0.29, 0.717) is 0 Å². The third kappa shape index (κ3) is 34.7. The van der Waals surface area contributed by atoms with E-state index in [9.17, 15) is 4.79 Å². The van der Waals surface area contributed by atoms with Gasteiger partial charge >= 0.3 is 5.97 Å². The molecule has 0 atom stereocenters. The molecule has 0 fully saturated rings. The van der Waals surface area contributed by atoms with Crippen LogP contribution in [0.1, 0.15) is 162 Å². The Kier molecular flexibility index (Phi) is 31.8. The maximum Gasteiger partial charge on any atom is 0.327 e. The fourth-order valence-corrected chi connectivity index (χ4v) is 3.82. The second-order valence-corrected chi connectivity index (χ2v) is 8.91. The van der Waals surface area contributed by atoms with E-state index >= 15 is 0 Å². The monoisotopic (exact) mass is 424 g/mol. The Hall–Kier alpha value is -0.790. The average molecular weight is 425 g/mol. The van der Waals surface area contributed by atoms with Gasteiger partial charge in [0.05, 0.1) is 0 Å². The van der Waals surface area contributed by atoms with Crippen LogP contribution >= 0.6 is 0 Å². The van der Waals surface area contributed by atoms with Crippen molar-refractivity contribution < 1.29 is 9.90 Å². The number of hydrogen-bond donors (Lipinski definition) is 1. The van der Waals surface area contributed by atoms with Crippen LogP contribution in [0.5, 0.6) is 0 Å². The van der Waals surface area contributed by atoms with E-state index < -0.39 is 5.97 Å². The summed E-state index contributed by atoms with van der Waals surface area (Å²) in [5.41, 5.74) is 0. The number of rotatable bonds is 22. The van der Waals surface area contributed by atoms with Crippen molar-refractivity contribution in [2.45, 2.75) is 162 Å². The molecule has 0 aromatic heterocycles. The second-order valence-electron chi connectivity index (χ2n) is 8.91. The molecule has 0 saturated heterocycles. The molecule has 0 aliphatic heterocycles. The van der Waals surface area contributed by atoms with Crippen LogP contribution in [0.4, 0.5) is 0 Å². The standard InChI is InChI=1S/C24H50.C4H6O2/c1-3-5-7-9-11-13-15-17-19-21-23-24-22-20-18-16-14-12-10-8-6-4-2;1-2-3-4(5)6/h3-24H2,1-2H3;2-3H,1H3,(H,5,6). The van der Waals surface area contributed by atoms with E-state index in [2.05, 4.69) is 13.8 Å². The number of carboxylic acid groups (broad SMARTS) is 1. The van der Waals surface area contributed by atoms with Crippen LogP contribution in [0.25, 0.3) is 0 Å². The van der Waals surface area contributed by atoms with Crippen molar-refractivity contribution in [2.75, 3.05) is 0 Å². The quantitative estimate of drug-likeness (QED) is 0.139. The van der Waals surface area contributed by atoms with Crippen molar-refractivity contribution in [1.29, 1.82) is 0 Å². The maximum absolute atomic E-state index is 9.51. The minimum absolute atomic E-state index is 0.891. The molecule has 0 aromatic carbocycles. The molecule has 0 radical (unpaired) electrons. The Morgan fingerprint density at radius 1 is 0.500 bits per heavy atom. The highest BCUT2D eigenvalue weighted by Gasteiger charge is 1.95. The van der Waals surface area contributed by atoms with E-state index in [1.54, 1.807) is 6.92 Å². The molecule has 0 spiro atoms. The normalized spacial score (nSPS) is 10.9. The molecule has 2 heteroatoms. The van der Waals surface area contributed by atoms with Gasteiger partial charge in [-0.3, -0.25) is 0 Å². The molecule has 0 unspecified atom stereocenters. The fraction of sp³-hybridized carbons (Fsp3) is 0.893. The lowest BCUT2D eigenvalue weighted by atomic mass is 10.0. The highest BCUT2D eigenvalue weighted by atomic mass is 16.4. The molecule has 0 rings (SSSR count). The lowest BCUT2D eigenvalue weighted by molar-refractivity contribution is -0.131. The van der Waals surface area contributed by atoms with Crippen LogP contribution in [-0.2, 0) is 4.79 Å². The molecule has 30 heavy (non-hydrogen) atoms. The summed E-state index contributed by atoms with van der Waals surface area (Å²) in [6.45, 7) is 6.26. The number of allylic oxidation sites excluding steroid dienone is 1. The summed E-state index contributed by atoms with van der Waals surface area (Å²) < 4.78 is 0. The third-order valence-electron chi connectivity index (χ3n) is 5.77. The Balaban J connectivity index is 0. The number of carbonyl (C=O) groups is 1. The first-order valence-electron chi connectivity index (χ1n) is 13.5. The summed E-state index contributed by atoms with van der Waals surface area (Å²) >= 11 is 0. The molecule has 2 nitrogen and oxygen atoms in total. The van der Waals surface area contributed by atoms with Gasteiger partial charge in [0, 0.05) is 6.08 Å². The van der Waals surface area contributed by atoms with Crippen molar-refractivity contribution in [3.63, 3.8) is 0 Å². The lowest BCUT2D eigenvalue weighted by Crippen LogP contribution is -1.84. The minimum Gasteiger partial charge on any atom is -0.478 e. The minimum atomic E-state index is -0.891. The first-order valence-corrected chi connectivity index (χ1v) is 13.5. The van der Waals surface area contributed by atoms with Gasteiger partial charge < -0.3 is 5.11 Å². The number of unbranched alkanes of at least 4 members (excludes halogenated alkanes) is 21. The summed E-state index contributed by atoms with van der Waals surface area (Å²) in [6.07, 6.45) is 35.0. The Labute approximate surface area is 190 Å². The smallest absolute Gasteiger partial charge is 0.327 e. The van der Waals surface area contributed by atoms with Gasteiger partial charge in [-0.05, 0) is 6.92 Å². The topological polar surface area (TPSA) is 37.3 Å². The van der Waals surface area contributed by atoms with Crippen molar-refractivity contribution in [3.05, 3.63) is 12.2 Å². The maximum atomic E-state index is 9.51. The second kappa shape index (κ2) is 30.4. The van der Waals surface area contributed by atoms with E-state index in [1.165, 1.54) is 147 Å². The van der Waals surface area contributed by atoms with Gasteiger partial charge in [0.25, 0.3) is 0 Å². The molecule has 1 N–H and O–H groups in total. The Bertz CT molecular complexity index is 314. The first-order chi connectivity index (χ1) is 14.7. The van der Waals surface area contributed by atoms with Crippen molar-refractivity contribution >= 4 is 5.97 Å².